The zero-order valence-corrected chi connectivity index (χ0v) is 9.35. The number of nitrogen functional groups attached to an aromatic ring is 1. The molecule has 1 aromatic heterocycles. The minimum absolute atomic E-state index is 0.467. The van der Waals surface area contributed by atoms with E-state index in [1.807, 2.05) is 18.2 Å². The van der Waals surface area contributed by atoms with Gasteiger partial charge in [-0.1, -0.05) is 30.0 Å². The van der Waals surface area contributed by atoms with Gasteiger partial charge in [0, 0.05) is 17.0 Å². The Bertz CT molecular complexity index is 445. The summed E-state index contributed by atoms with van der Waals surface area (Å²) in [4.78, 5) is 3.96. The molecule has 0 amide bonds. The van der Waals surface area contributed by atoms with Crippen molar-refractivity contribution >= 4 is 17.4 Å². The van der Waals surface area contributed by atoms with Gasteiger partial charge < -0.3 is 15.3 Å². The van der Waals surface area contributed by atoms with Gasteiger partial charge in [0.2, 0.25) is 0 Å². The van der Waals surface area contributed by atoms with Crippen molar-refractivity contribution in [1.29, 1.82) is 0 Å². The molecule has 0 saturated carbocycles. The topological polar surface area (TPSA) is 72.3 Å². The number of aliphatic hydroxyl groups excluding tert-OH is 1. The fraction of sp³-hybridized carbons (Fsp3) is 0.182. The molecule has 0 radical (unpaired) electrons. The maximum Gasteiger partial charge on any atom is 0.255 e. The summed E-state index contributed by atoms with van der Waals surface area (Å²) in [5.74, 6) is 0.467. The lowest BCUT2D eigenvalue weighted by molar-refractivity contribution is 0.204. The Morgan fingerprint density at radius 2 is 2.25 bits per heavy atom. The van der Waals surface area contributed by atoms with Crippen molar-refractivity contribution in [2.75, 3.05) is 11.5 Å². The smallest absolute Gasteiger partial charge is 0.255 e. The number of nitrogens with two attached hydrogens (primary N) is 1. The van der Waals surface area contributed by atoms with Crippen molar-refractivity contribution in [1.82, 2.24) is 4.98 Å². The van der Waals surface area contributed by atoms with E-state index in [9.17, 15) is 5.11 Å². The van der Waals surface area contributed by atoms with Crippen molar-refractivity contribution < 1.29 is 9.52 Å². The average molecular weight is 236 g/mol. The molecule has 2 aromatic rings. The second-order valence-electron chi connectivity index (χ2n) is 3.25. The van der Waals surface area contributed by atoms with Crippen LogP contribution < -0.4 is 5.73 Å². The molecule has 1 aromatic carbocycles. The lowest BCUT2D eigenvalue weighted by Gasteiger charge is -2.11. The van der Waals surface area contributed by atoms with Crippen LogP contribution in [-0.4, -0.2) is 15.8 Å². The molecule has 0 spiro atoms. The van der Waals surface area contributed by atoms with E-state index < -0.39 is 6.10 Å². The van der Waals surface area contributed by atoms with Gasteiger partial charge in [0.05, 0.1) is 12.3 Å². The number of aliphatic hydroxyl groups is 1. The van der Waals surface area contributed by atoms with Crippen LogP contribution in [0.25, 0.3) is 0 Å². The maximum atomic E-state index is 9.93. The molecule has 16 heavy (non-hydrogen) atoms. The van der Waals surface area contributed by atoms with Crippen molar-refractivity contribution in [3.05, 3.63) is 42.3 Å². The number of thioether (sulfide) groups is 1. The highest BCUT2D eigenvalue weighted by Crippen LogP contribution is 2.26. The number of benzene rings is 1. The van der Waals surface area contributed by atoms with Crippen molar-refractivity contribution in [2.24, 2.45) is 0 Å². The Kier molecular flexibility index (Phi) is 3.48. The van der Waals surface area contributed by atoms with Gasteiger partial charge in [-0.3, -0.25) is 0 Å². The van der Waals surface area contributed by atoms with E-state index in [2.05, 4.69) is 4.98 Å². The van der Waals surface area contributed by atoms with E-state index in [1.165, 1.54) is 18.0 Å². The summed E-state index contributed by atoms with van der Waals surface area (Å²) < 4.78 is 5.06. The predicted molar refractivity (Wildman–Crippen MR) is 63.0 cm³/mol. The molecule has 2 rings (SSSR count). The van der Waals surface area contributed by atoms with Gasteiger partial charge in [0.25, 0.3) is 5.22 Å². The Balaban J connectivity index is 1.98. The molecule has 3 N–H and O–H groups in total. The molecular weight excluding hydrogens is 224 g/mol. The molecule has 5 heteroatoms. The summed E-state index contributed by atoms with van der Waals surface area (Å²) in [5.41, 5.74) is 7.10. The van der Waals surface area contributed by atoms with Crippen molar-refractivity contribution in [2.45, 2.75) is 11.3 Å². The molecular formula is C11H12N2O2S. The number of oxazole rings is 1. The highest BCUT2D eigenvalue weighted by atomic mass is 32.2. The average Bonchev–Trinajstić information content (AvgIpc) is 2.79. The molecule has 0 aliphatic rings. The lowest BCUT2D eigenvalue weighted by atomic mass is 10.1. The minimum atomic E-state index is -0.613. The Hall–Kier alpha value is -1.46. The zero-order chi connectivity index (χ0) is 11.4. The number of para-hydroxylation sites is 1. The molecule has 0 aliphatic heterocycles. The number of aromatic nitrogens is 1. The quantitative estimate of drug-likeness (QED) is 0.628. The van der Waals surface area contributed by atoms with Crippen molar-refractivity contribution in [3.63, 3.8) is 0 Å². The van der Waals surface area contributed by atoms with E-state index >= 15 is 0 Å². The Morgan fingerprint density at radius 1 is 1.44 bits per heavy atom. The first-order chi connectivity index (χ1) is 7.77. The fourth-order valence-electron chi connectivity index (χ4n) is 1.34. The molecule has 84 valence electrons. The summed E-state index contributed by atoms with van der Waals surface area (Å²) in [6.07, 6.45) is 2.47. The highest BCUT2D eigenvalue weighted by molar-refractivity contribution is 7.99. The Morgan fingerprint density at radius 3 is 2.94 bits per heavy atom. The second kappa shape index (κ2) is 5.05. The number of rotatable bonds is 4. The van der Waals surface area contributed by atoms with E-state index in [0.717, 1.165) is 5.56 Å². The molecule has 1 atom stereocenters. The second-order valence-corrected chi connectivity index (χ2v) is 4.22. The van der Waals surface area contributed by atoms with Crippen LogP contribution in [0, 0.1) is 0 Å². The number of hydrogen-bond acceptors (Lipinski definition) is 5. The Labute approximate surface area is 97.5 Å². The predicted octanol–water partition coefficient (Wildman–Crippen LogP) is 2.08. The number of anilines is 1. The standard InChI is InChI=1S/C11H12N2O2S/c12-9-4-2-1-3-8(9)10(14)7-16-11-13-5-6-15-11/h1-6,10,14H,7,12H2. The minimum Gasteiger partial charge on any atom is -0.440 e. The third-order valence-electron chi connectivity index (χ3n) is 2.13. The maximum absolute atomic E-state index is 9.93. The summed E-state index contributed by atoms with van der Waals surface area (Å²) in [5, 5.41) is 10.5. The van der Waals surface area contributed by atoms with Gasteiger partial charge in [0.15, 0.2) is 0 Å². The molecule has 0 fully saturated rings. The fourth-order valence-corrected chi connectivity index (χ4v) is 2.07. The van der Waals surface area contributed by atoms with Crippen LogP contribution in [0.4, 0.5) is 5.69 Å². The monoisotopic (exact) mass is 236 g/mol. The van der Waals surface area contributed by atoms with E-state index in [0.29, 0.717) is 16.7 Å². The van der Waals surface area contributed by atoms with Crippen molar-refractivity contribution in [3.8, 4) is 0 Å². The van der Waals surface area contributed by atoms with Crippen LogP contribution in [0.5, 0.6) is 0 Å². The summed E-state index contributed by atoms with van der Waals surface area (Å²) in [7, 11) is 0. The summed E-state index contributed by atoms with van der Waals surface area (Å²) >= 11 is 1.36. The van der Waals surface area contributed by atoms with E-state index in [1.54, 1.807) is 12.3 Å². The first-order valence-corrected chi connectivity index (χ1v) is 5.80. The van der Waals surface area contributed by atoms with Crippen LogP contribution in [0.1, 0.15) is 11.7 Å². The molecule has 1 unspecified atom stereocenters. The van der Waals surface area contributed by atoms with Crippen LogP contribution in [-0.2, 0) is 0 Å². The number of nitrogens with zero attached hydrogens (tertiary/aromatic N) is 1. The first-order valence-electron chi connectivity index (χ1n) is 4.82. The van der Waals surface area contributed by atoms with Gasteiger partial charge in [-0.25, -0.2) is 4.98 Å². The van der Waals surface area contributed by atoms with Gasteiger partial charge in [0.1, 0.15) is 6.26 Å². The van der Waals surface area contributed by atoms with Crippen LogP contribution in [0.3, 0.4) is 0 Å². The van der Waals surface area contributed by atoms with Crippen LogP contribution in [0.15, 0.2) is 46.4 Å². The van der Waals surface area contributed by atoms with Gasteiger partial charge in [-0.05, 0) is 6.07 Å². The number of hydrogen-bond donors (Lipinski definition) is 2. The highest BCUT2D eigenvalue weighted by Gasteiger charge is 2.12. The lowest BCUT2D eigenvalue weighted by Crippen LogP contribution is -2.04. The first kappa shape index (κ1) is 11.0. The summed E-state index contributed by atoms with van der Waals surface area (Å²) in [6, 6.07) is 7.28. The molecule has 0 aliphatic carbocycles. The molecule has 4 nitrogen and oxygen atoms in total. The normalized spacial score (nSPS) is 12.6. The zero-order valence-electron chi connectivity index (χ0n) is 8.54. The van der Waals surface area contributed by atoms with E-state index in [-0.39, 0.29) is 0 Å². The van der Waals surface area contributed by atoms with E-state index in [4.69, 9.17) is 10.2 Å². The molecule has 0 bridgehead atoms. The SMILES string of the molecule is Nc1ccccc1C(O)CSc1ncco1. The van der Waals surface area contributed by atoms with Gasteiger partial charge in [-0.15, -0.1) is 0 Å². The van der Waals surface area contributed by atoms with Crippen LogP contribution >= 0.6 is 11.8 Å². The third-order valence-corrected chi connectivity index (χ3v) is 3.06. The van der Waals surface area contributed by atoms with Gasteiger partial charge >= 0.3 is 0 Å². The summed E-state index contributed by atoms with van der Waals surface area (Å²) in [6.45, 7) is 0. The largest absolute Gasteiger partial charge is 0.440 e. The molecule has 0 saturated heterocycles. The van der Waals surface area contributed by atoms with Crippen LogP contribution in [0.2, 0.25) is 0 Å². The molecule has 1 heterocycles. The third kappa shape index (κ3) is 2.56. The van der Waals surface area contributed by atoms with Gasteiger partial charge in [-0.2, -0.15) is 0 Å².